The third kappa shape index (κ3) is 6.10. The standard InChI is InChI=1S/C21H23NO7/c1-14(2)21(27)29-13-12-28-18(24)10-9-15(23)6-5-11-22-19(25)16-7-3-4-8-17(16)20(22)26/h3-4,7-8H,1,5-6,9-13H2,2H3. The van der Waals surface area contributed by atoms with Crippen LogP contribution in [0.4, 0.5) is 0 Å². The molecular formula is C21H23NO7. The summed E-state index contributed by atoms with van der Waals surface area (Å²) < 4.78 is 9.66. The highest BCUT2D eigenvalue weighted by Gasteiger charge is 2.34. The molecule has 2 amide bonds. The highest BCUT2D eigenvalue weighted by Crippen LogP contribution is 2.22. The van der Waals surface area contributed by atoms with Crippen LogP contribution in [0.2, 0.25) is 0 Å². The van der Waals surface area contributed by atoms with E-state index in [4.69, 9.17) is 9.47 Å². The van der Waals surface area contributed by atoms with Gasteiger partial charge in [-0.25, -0.2) is 4.79 Å². The van der Waals surface area contributed by atoms with Crippen LogP contribution in [0.1, 0.15) is 53.3 Å². The minimum absolute atomic E-state index is 0.00645. The van der Waals surface area contributed by atoms with Gasteiger partial charge in [-0.3, -0.25) is 24.1 Å². The summed E-state index contributed by atoms with van der Waals surface area (Å²) in [5, 5.41) is 0. The number of carbonyl (C=O) groups is 5. The van der Waals surface area contributed by atoms with Crippen LogP contribution < -0.4 is 0 Å². The molecule has 0 radical (unpaired) electrons. The molecule has 0 saturated heterocycles. The summed E-state index contributed by atoms with van der Waals surface area (Å²) in [6.07, 6.45) is 0.403. The van der Waals surface area contributed by atoms with Gasteiger partial charge in [-0.2, -0.15) is 0 Å². The van der Waals surface area contributed by atoms with Gasteiger partial charge in [0.15, 0.2) is 0 Å². The van der Waals surface area contributed by atoms with Crippen LogP contribution in [0.15, 0.2) is 36.4 Å². The van der Waals surface area contributed by atoms with Crippen molar-refractivity contribution in [1.82, 2.24) is 4.90 Å². The fourth-order valence-electron chi connectivity index (χ4n) is 2.73. The Morgan fingerprint density at radius 2 is 1.52 bits per heavy atom. The lowest BCUT2D eigenvalue weighted by Gasteiger charge is -2.13. The van der Waals surface area contributed by atoms with E-state index >= 15 is 0 Å². The Kier molecular flexibility index (Phi) is 7.82. The van der Waals surface area contributed by atoms with E-state index in [2.05, 4.69) is 6.58 Å². The van der Waals surface area contributed by atoms with Gasteiger partial charge in [0.05, 0.1) is 17.5 Å². The van der Waals surface area contributed by atoms with Crippen molar-refractivity contribution in [3.8, 4) is 0 Å². The number of benzene rings is 1. The summed E-state index contributed by atoms with van der Waals surface area (Å²) in [4.78, 5) is 60.3. The van der Waals surface area contributed by atoms with Crippen LogP contribution in [-0.2, 0) is 23.9 Å². The van der Waals surface area contributed by atoms with Gasteiger partial charge in [-0.05, 0) is 25.5 Å². The first-order valence-electron chi connectivity index (χ1n) is 9.26. The summed E-state index contributed by atoms with van der Waals surface area (Å²) >= 11 is 0. The molecule has 0 atom stereocenters. The van der Waals surface area contributed by atoms with E-state index in [0.717, 1.165) is 4.90 Å². The molecule has 8 nitrogen and oxygen atoms in total. The topological polar surface area (TPSA) is 107 Å². The highest BCUT2D eigenvalue weighted by molar-refractivity contribution is 6.21. The molecular weight excluding hydrogens is 378 g/mol. The molecule has 8 heteroatoms. The van der Waals surface area contributed by atoms with Gasteiger partial charge in [0.2, 0.25) is 0 Å². The molecule has 0 fully saturated rings. The van der Waals surface area contributed by atoms with Crippen molar-refractivity contribution in [2.24, 2.45) is 0 Å². The molecule has 0 bridgehead atoms. The largest absolute Gasteiger partial charge is 0.462 e. The molecule has 1 aliphatic rings. The first kappa shape index (κ1) is 22.0. The van der Waals surface area contributed by atoms with E-state index in [9.17, 15) is 24.0 Å². The number of hydrogen-bond acceptors (Lipinski definition) is 7. The molecule has 1 aliphatic heterocycles. The van der Waals surface area contributed by atoms with Gasteiger partial charge >= 0.3 is 11.9 Å². The van der Waals surface area contributed by atoms with E-state index in [1.54, 1.807) is 24.3 Å². The number of nitrogens with zero attached hydrogens (tertiary/aromatic N) is 1. The summed E-state index contributed by atoms with van der Waals surface area (Å²) in [6, 6.07) is 6.60. The predicted molar refractivity (Wildman–Crippen MR) is 102 cm³/mol. The first-order valence-corrected chi connectivity index (χ1v) is 9.26. The van der Waals surface area contributed by atoms with Gasteiger partial charge in [0.25, 0.3) is 11.8 Å². The number of hydrogen-bond donors (Lipinski definition) is 0. The molecule has 0 spiro atoms. The Balaban J connectivity index is 1.61. The quantitative estimate of drug-likeness (QED) is 0.242. The summed E-state index contributed by atoms with van der Waals surface area (Å²) in [6.45, 7) is 4.91. The number of rotatable bonds is 11. The number of Topliss-reactive ketones (excluding diaryl/α,β-unsaturated/α-hetero) is 1. The Labute approximate surface area is 168 Å². The molecule has 1 aromatic rings. The molecule has 0 saturated carbocycles. The molecule has 0 aliphatic carbocycles. The number of ether oxygens (including phenoxy) is 2. The second kappa shape index (κ2) is 10.3. The van der Waals surface area contributed by atoms with Crippen molar-refractivity contribution in [1.29, 1.82) is 0 Å². The number of imide groups is 1. The zero-order valence-electron chi connectivity index (χ0n) is 16.3. The predicted octanol–water partition coefficient (Wildman–Crippen LogP) is 2.07. The Morgan fingerprint density at radius 3 is 2.10 bits per heavy atom. The third-order valence-electron chi connectivity index (χ3n) is 4.25. The van der Waals surface area contributed by atoms with E-state index in [-0.39, 0.29) is 62.2 Å². The SMILES string of the molecule is C=C(C)C(=O)OCCOC(=O)CCC(=O)CCCN1C(=O)c2ccccc2C1=O. The fraction of sp³-hybridized carbons (Fsp3) is 0.381. The van der Waals surface area contributed by atoms with Gasteiger partial charge < -0.3 is 9.47 Å². The minimum atomic E-state index is -0.565. The normalized spacial score (nSPS) is 12.5. The van der Waals surface area contributed by atoms with Crippen molar-refractivity contribution < 1.29 is 33.4 Å². The number of amides is 2. The maximum atomic E-state index is 12.2. The number of ketones is 1. The molecule has 0 unspecified atom stereocenters. The van der Waals surface area contributed by atoms with Crippen molar-refractivity contribution in [3.63, 3.8) is 0 Å². The highest BCUT2D eigenvalue weighted by atomic mass is 16.6. The average molecular weight is 401 g/mol. The molecule has 29 heavy (non-hydrogen) atoms. The van der Waals surface area contributed by atoms with E-state index in [1.807, 2.05) is 0 Å². The lowest BCUT2D eigenvalue weighted by molar-refractivity contribution is -0.150. The summed E-state index contributed by atoms with van der Waals surface area (Å²) in [5.41, 5.74) is 1.00. The second-order valence-corrected chi connectivity index (χ2v) is 6.59. The van der Waals surface area contributed by atoms with Crippen LogP contribution in [0.25, 0.3) is 0 Å². The zero-order chi connectivity index (χ0) is 21.4. The number of fused-ring (bicyclic) bond motifs is 1. The van der Waals surface area contributed by atoms with Crippen LogP contribution in [-0.4, -0.2) is 54.2 Å². The lowest BCUT2D eigenvalue weighted by Crippen LogP contribution is -2.31. The van der Waals surface area contributed by atoms with Crippen LogP contribution in [0.3, 0.4) is 0 Å². The van der Waals surface area contributed by atoms with Crippen LogP contribution in [0, 0.1) is 0 Å². The average Bonchev–Trinajstić information content (AvgIpc) is 2.94. The Bertz CT molecular complexity index is 808. The molecule has 154 valence electrons. The lowest BCUT2D eigenvalue weighted by atomic mass is 10.1. The van der Waals surface area contributed by atoms with Gasteiger partial charge in [0, 0.05) is 25.0 Å². The maximum Gasteiger partial charge on any atom is 0.333 e. The van der Waals surface area contributed by atoms with Crippen molar-refractivity contribution >= 4 is 29.5 Å². The van der Waals surface area contributed by atoms with Crippen LogP contribution in [0.5, 0.6) is 0 Å². The van der Waals surface area contributed by atoms with Crippen molar-refractivity contribution in [3.05, 3.63) is 47.5 Å². The zero-order valence-corrected chi connectivity index (χ0v) is 16.3. The van der Waals surface area contributed by atoms with E-state index < -0.39 is 11.9 Å². The smallest absolute Gasteiger partial charge is 0.333 e. The molecule has 0 aromatic heterocycles. The maximum absolute atomic E-state index is 12.2. The molecule has 0 N–H and O–H groups in total. The Morgan fingerprint density at radius 1 is 0.931 bits per heavy atom. The summed E-state index contributed by atoms with van der Waals surface area (Å²) in [7, 11) is 0. The Hall–Kier alpha value is -3.29. The van der Waals surface area contributed by atoms with E-state index in [1.165, 1.54) is 6.92 Å². The molecule has 1 heterocycles. The third-order valence-corrected chi connectivity index (χ3v) is 4.25. The van der Waals surface area contributed by atoms with Gasteiger partial charge in [0.1, 0.15) is 19.0 Å². The van der Waals surface area contributed by atoms with Gasteiger partial charge in [-0.15, -0.1) is 0 Å². The van der Waals surface area contributed by atoms with E-state index in [0.29, 0.717) is 17.5 Å². The fourth-order valence-corrected chi connectivity index (χ4v) is 2.73. The number of esters is 2. The second-order valence-electron chi connectivity index (χ2n) is 6.59. The monoisotopic (exact) mass is 401 g/mol. The van der Waals surface area contributed by atoms with Gasteiger partial charge in [-0.1, -0.05) is 18.7 Å². The number of carbonyl (C=O) groups excluding carboxylic acids is 5. The minimum Gasteiger partial charge on any atom is -0.462 e. The van der Waals surface area contributed by atoms with Crippen molar-refractivity contribution in [2.75, 3.05) is 19.8 Å². The molecule has 1 aromatic carbocycles. The molecule has 2 rings (SSSR count). The summed E-state index contributed by atoms with van der Waals surface area (Å²) in [5.74, 6) is -1.99. The van der Waals surface area contributed by atoms with Crippen molar-refractivity contribution in [2.45, 2.75) is 32.6 Å². The first-order chi connectivity index (χ1) is 13.8. The van der Waals surface area contributed by atoms with Crippen LogP contribution >= 0.6 is 0 Å².